The Hall–Kier alpha value is -1.05. The molecule has 20 heavy (non-hydrogen) atoms. The van der Waals surface area contributed by atoms with Crippen LogP contribution >= 0.6 is 0 Å². The maximum atomic E-state index is 13.6. The number of benzene rings is 1. The van der Waals surface area contributed by atoms with Gasteiger partial charge in [0.25, 0.3) is 0 Å². The molecule has 0 saturated heterocycles. The molecule has 0 radical (unpaired) electrons. The summed E-state index contributed by atoms with van der Waals surface area (Å²) >= 11 is 0. The summed E-state index contributed by atoms with van der Waals surface area (Å²) < 4.78 is 53.0. The molecule has 4 nitrogen and oxygen atoms in total. The number of aliphatic hydroxyl groups is 1. The Morgan fingerprint density at radius 3 is 2.45 bits per heavy atom. The number of aryl methyl sites for hydroxylation is 1. The lowest BCUT2D eigenvalue weighted by atomic mass is 10.0. The minimum Gasteiger partial charge on any atom is -0.389 e. The van der Waals surface area contributed by atoms with Gasteiger partial charge in [-0.25, -0.2) is 21.9 Å². The van der Waals surface area contributed by atoms with Gasteiger partial charge in [0.1, 0.15) is 16.5 Å². The average Bonchev–Trinajstić information content (AvgIpc) is 2.79. The minimum absolute atomic E-state index is 0.0475. The first-order valence-electron chi connectivity index (χ1n) is 6.41. The van der Waals surface area contributed by atoms with Gasteiger partial charge < -0.3 is 5.11 Å². The van der Waals surface area contributed by atoms with E-state index in [2.05, 4.69) is 4.72 Å². The molecule has 1 saturated carbocycles. The van der Waals surface area contributed by atoms with E-state index >= 15 is 0 Å². The summed E-state index contributed by atoms with van der Waals surface area (Å²) in [4.78, 5) is -0.599. The molecule has 1 aromatic carbocycles. The van der Waals surface area contributed by atoms with Gasteiger partial charge in [0, 0.05) is 12.6 Å². The van der Waals surface area contributed by atoms with E-state index in [1.807, 2.05) is 0 Å². The van der Waals surface area contributed by atoms with Crippen LogP contribution < -0.4 is 4.72 Å². The largest absolute Gasteiger partial charge is 0.389 e. The first kappa shape index (κ1) is 15.3. The summed E-state index contributed by atoms with van der Waals surface area (Å²) in [7, 11) is -4.11. The van der Waals surface area contributed by atoms with Crippen molar-refractivity contribution >= 4 is 10.0 Å². The lowest BCUT2D eigenvalue weighted by Gasteiger charge is -2.22. The fourth-order valence-electron chi connectivity index (χ4n) is 2.35. The Labute approximate surface area is 116 Å². The minimum atomic E-state index is -4.11. The van der Waals surface area contributed by atoms with E-state index in [0.29, 0.717) is 18.9 Å². The van der Waals surface area contributed by atoms with Crippen molar-refractivity contribution in [2.75, 3.05) is 6.54 Å². The first-order valence-corrected chi connectivity index (χ1v) is 7.90. The van der Waals surface area contributed by atoms with Crippen LogP contribution in [0.5, 0.6) is 0 Å². The van der Waals surface area contributed by atoms with Crippen LogP contribution in [0.3, 0.4) is 0 Å². The van der Waals surface area contributed by atoms with Gasteiger partial charge in [0.2, 0.25) is 10.0 Å². The predicted molar refractivity (Wildman–Crippen MR) is 69.7 cm³/mol. The van der Waals surface area contributed by atoms with E-state index in [-0.39, 0.29) is 12.1 Å². The molecule has 1 aliphatic rings. The van der Waals surface area contributed by atoms with Gasteiger partial charge in [-0.1, -0.05) is 12.8 Å². The van der Waals surface area contributed by atoms with Gasteiger partial charge in [-0.2, -0.15) is 0 Å². The Kier molecular flexibility index (Phi) is 4.13. The average molecular weight is 305 g/mol. The van der Waals surface area contributed by atoms with Crippen molar-refractivity contribution in [1.82, 2.24) is 4.72 Å². The second kappa shape index (κ2) is 5.38. The lowest BCUT2D eigenvalue weighted by molar-refractivity contribution is 0.0531. The topological polar surface area (TPSA) is 66.4 Å². The third-order valence-corrected chi connectivity index (χ3v) is 5.04. The Balaban J connectivity index is 2.20. The van der Waals surface area contributed by atoms with E-state index in [1.165, 1.54) is 6.92 Å². The molecule has 2 rings (SSSR count). The first-order chi connectivity index (χ1) is 9.23. The molecule has 1 fully saturated rings. The second-order valence-electron chi connectivity index (χ2n) is 5.29. The molecular formula is C13H17F2NO3S. The smallest absolute Gasteiger partial charge is 0.243 e. The molecule has 1 aliphatic carbocycles. The van der Waals surface area contributed by atoms with Crippen LogP contribution in [-0.2, 0) is 10.0 Å². The summed E-state index contributed by atoms with van der Waals surface area (Å²) in [5.41, 5.74) is -1.02. The highest BCUT2D eigenvalue weighted by Gasteiger charge is 2.33. The SMILES string of the molecule is Cc1cc(S(=O)(=O)NCC2(O)CCCC2)c(F)cc1F. The van der Waals surface area contributed by atoms with Crippen LogP contribution in [0.2, 0.25) is 0 Å². The third-order valence-electron chi connectivity index (χ3n) is 3.63. The van der Waals surface area contributed by atoms with Gasteiger partial charge in [-0.05, 0) is 31.4 Å². The summed E-state index contributed by atoms with van der Waals surface area (Å²) in [6, 6.07) is 1.50. The number of hydrogen-bond acceptors (Lipinski definition) is 3. The Bertz CT molecular complexity index is 610. The quantitative estimate of drug-likeness (QED) is 0.892. The van der Waals surface area contributed by atoms with Gasteiger partial charge >= 0.3 is 0 Å². The lowest BCUT2D eigenvalue weighted by Crippen LogP contribution is -2.40. The number of nitrogens with one attached hydrogen (secondary N) is 1. The molecule has 0 spiro atoms. The molecular weight excluding hydrogens is 288 g/mol. The van der Waals surface area contributed by atoms with Crippen LogP contribution in [0.25, 0.3) is 0 Å². The molecule has 0 atom stereocenters. The number of hydrogen-bond donors (Lipinski definition) is 2. The highest BCUT2D eigenvalue weighted by molar-refractivity contribution is 7.89. The van der Waals surface area contributed by atoms with Gasteiger partial charge in [-0.15, -0.1) is 0 Å². The molecule has 0 aliphatic heterocycles. The molecule has 7 heteroatoms. The van der Waals surface area contributed by atoms with Crippen molar-refractivity contribution in [2.24, 2.45) is 0 Å². The normalized spacial score (nSPS) is 18.4. The van der Waals surface area contributed by atoms with Crippen molar-refractivity contribution in [1.29, 1.82) is 0 Å². The van der Waals surface area contributed by atoms with Crippen LogP contribution in [0.15, 0.2) is 17.0 Å². The van der Waals surface area contributed by atoms with Gasteiger partial charge in [0.05, 0.1) is 5.60 Å². The standard InChI is InChI=1S/C13H17F2NO3S/c1-9-6-12(11(15)7-10(9)14)20(18,19)16-8-13(17)4-2-3-5-13/h6-7,16-17H,2-5,8H2,1H3. The van der Waals surface area contributed by atoms with E-state index < -0.39 is 32.2 Å². The number of sulfonamides is 1. The van der Waals surface area contributed by atoms with Gasteiger partial charge in [0.15, 0.2) is 0 Å². The summed E-state index contributed by atoms with van der Waals surface area (Å²) in [5, 5.41) is 10.1. The van der Waals surface area contributed by atoms with Crippen molar-refractivity contribution < 1.29 is 22.3 Å². The van der Waals surface area contributed by atoms with Crippen LogP contribution in [0.4, 0.5) is 8.78 Å². The maximum absolute atomic E-state index is 13.6. The summed E-state index contributed by atoms with van der Waals surface area (Å²) in [6.45, 7) is 1.20. The maximum Gasteiger partial charge on any atom is 0.243 e. The van der Waals surface area contributed by atoms with Crippen LogP contribution in [0.1, 0.15) is 31.2 Å². The molecule has 0 amide bonds. The fraction of sp³-hybridized carbons (Fsp3) is 0.538. The molecule has 0 bridgehead atoms. The molecule has 0 heterocycles. The van der Waals surface area contributed by atoms with Gasteiger partial charge in [-0.3, -0.25) is 0 Å². The zero-order chi connectivity index (χ0) is 15.0. The van der Waals surface area contributed by atoms with E-state index in [0.717, 1.165) is 18.9 Å². The Morgan fingerprint density at radius 2 is 1.85 bits per heavy atom. The fourth-order valence-corrected chi connectivity index (χ4v) is 3.62. The monoisotopic (exact) mass is 305 g/mol. The zero-order valence-electron chi connectivity index (χ0n) is 11.1. The van der Waals surface area contributed by atoms with Crippen molar-refractivity contribution in [3.63, 3.8) is 0 Å². The van der Waals surface area contributed by atoms with Crippen molar-refractivity contribution in [3.05, 3.63) is 29.3 Å². The van der Waals surface area contributed by atoms with Crippen LogP contribution in [0, 0.1) is 18.6 Å². The van der Waals surface area contributed by atoms with Crippen molar-refractivity contribution in [2.45, 2.75) is 43.1 Å². The van der Waals surface area contributed by atoms with E-state index in [1.54, 1.807) is 0 Å². The van der Waals surface area contributed by atoms with Crippen molar-refractivity contribution in [3.8, 4) is 0 Å². The second-order valence-corrected chi connectivity index (χ2v) is 7.02. The number of rotatable bonds is 4. The summed E-state index contributed by atoms with van der Waals surface area (Å²) in [5.74, 6) is -1.94. The molecule has 1 aromatic rings. The van der Waals surface area contributed by atoms with Crippen LogP contribution in [-0.4, -0.2) is 25.7 Å². The van der Waals surface area contributed by atoms with E-state index in [4.69, 9.17) is 0 Å². The number of halogens is 2. The highest BCUT2D eigenvalue weighted by Crippen LogP contribution is 2.29. The molecule has 0 unspecified atom stereocenters. The predicted octanol–water partition coefficient (Wildman–Crippen LogP) is 1.86. The molecule has 2 N–H and O–H groups in total. The molecule has 112 valence electrons. The highest BCUT2D eigenvalue weighted by atomic mass is 32.2. The Morgan fingerprint density at radius 1 is 1.25 bits per heavy atom. The zero-order valence-corrected chi connectivity index (χ0v) is 11.9. The summed E-state index contributed by atoms with van der Waals surface area (Å²) in [6.07, 6.45) is 2.70. The third kappa shape index (κ3) is 3.16. The van der Waals surface area contributed by atoms with E-state index in [9.17, 15) is 22.3 Å². The molecule has 0 aromatic heterocycles.